The van der Waals surface area contributed by atoms with E-state index in [-0.39, 0.29) is 18.0 Å². The van der Waals surface area contributed by atoms with Crippen molar-refractivity contribution in [3.05, 3.63) is 42.0 Å². The monoisotopic (exact) mass is 275 g/mol. The van der Waals surface area contributed by atoms with Crippen molar-refractivity contribution < 1.29 is 14.3 Å². The summed E-state index contributed by atoms with van der Waals surface area (Å²) in [5.41, 5.74) is 1.90. The van der Waals surface area contributed by atoms with E-state index in [0.717, 1.165) is 18.8 Å². The maximum absolute atomic E-state index is 11.9. The standard InChI is InChI=1S/C16H21NO3/c1-5-17(6-2)14-9-7-13(8-10-14)15(18)11-20-16(19)12(3)4/h7-10H,3,5-6,11H2,1-2,4H3. The minimum atomic E-state index is -0.543. The zero-order chi connectivity index (χ0) is 15.1. The Labute approximate surface area is 120 Å². The number of nitrogens with zero attached hydrogens (tertiary/aromatic N) is 1. The zero-order valence-electron chi connectivity index (χ0n) is 12.3. The van der Waals surface area contributed by atoms with Crippen LogP contribution in [0.1, 0.15) is 31.1 Å². The minimum Gasteiger partial charge on any atom is -0.454 e. The molecule has 0 fully saturated rings. The molecule has 0 saturated carbocycles. The normalized spacial score (nSPS) is 9.95. The first kappa shape index (κ1) is 16.0. The number of ether oxygens (including phenoxy) is 1. The first-order valence-electron chi connectivity index (χ1n) is 6.70. The molecule has 1 aromatic carbocycles. The van der Waals surface area contributed by atoms with Crippen LogP contribution in [0.25, 0.3) is 0 Å². The van der Waals surface area contributed by atoms with E-state index in [4.69, 9.17) is 4.74 Å². The van der Waals surface area contributed by atoms with Crippen LogP contribution in [0.2, 0.25) is 0 Å². The zero-order valence-corrected chi connectivity index (χ0v) is 12.3. The molecule has 4 nitrogen and oxygen atoms in total. The number of hydrogen-bond donors (Lipinski definition) is 0. The number of ketones is 1. The third-order valence-electron chi connectivity index (χ3n) is 3.00. The van der Waals surface area contributed by atoms with Gasteiger partial charge < -0.3 is 9.64 Å². The molecule has 0 N–H and O–H groups in total. The number of hydrogen-bond acceptors (Lipinski definition) is 4. The number of carbonyl (C=O) groups is 2. The van der Waals surface area contributed by atoms with E-state index in [2.05, 4.69) is 25.3 Å². The number of carbonyl (C=O) groups excluding carboxylic acids is 2. The SMILES string of the molecule is C=C(C)C(=O)OCC(=O)c1ccc(N(CC)CC)cc1. The predicted octanol–water partition coefficient (Wildman–Crippen LogP) is 2.83. The summed E-state index contributed by atoms with van der Waals surface area (Å²) in [6.07, 6.45) is 0. The lowest BCUT2D eigenvalue weighted by atomic mass is 10.1. The third-order valence-corrected chi connectivity index (χ3v) is 3.00. The van der Waals surface area contributed by atoms with Crippen molar-refractivity contribution in [1.29, 1.82) is 0 Å². The van der Waals surface area contributed by atoms with Crippen LogP contribution < -0.4 is 4.90 Å². The van der Waals surface area contributed by atoms with Gasteiger partial charge in [0, 0.05) is 29.9 Å². The Bertz CT molecular complexity index is 487. The molecule has 4 heteroatoms. The summed E-state index contributed by atoms with van der Waals surface area (Å²) in [6.45, 7) is 10.8. The molecule has 0 aliphatic heterocycles. The summed E-state index contributed by atoms with van der Waals surface area (Å²) >= 11 is 0. The van der Waals surface area contributed by atoms with E-state index in [0.29, 0.717) is 5.56 Å². The van der Waals surface area contributed by atoms with Crippen molar-refractivity contribution in [2.24, 2.45) is 0 Å². The highest BCUT2D eigenvalue weighted by Gasteiger charge is 2.11. The average Bonchev–Trinajstić information content (AvgIpc) is 2.46. The van der Waals surface area contributed by atoms with Gasteiger partial charge >= 0.3 is 5.97 Å². The highest BCUT2D eigenvalue weighted by atomic mass is 16.5. The van der Waals surface area contributed by atoms with Crippen molar-refractivity contribution in [3.8, 4) is 0 Å². The van der Waals surface area contributed by atoms with Gasteiger partial charge in [0.1, 0.15) is 0 Å². The number of rotatable bonds is 7. The van der Waals surface area contributed by atoms with Gasteiger partial charge in [-0.3, -0.25) is 4.79 Å². The summed E-state index contributed by atoms with van der Waals surface area (Å²) in [5, 5.41) is 0. The Morgan fingerprint density at radius 1 is 1.15 bits per heavy atom. The van der Waals surface area contributed by atoms with E-state index < -0.39 is 5.97 Å². The summed E-state index contributed by atoms with van der Waals surface area (Å²) in [4.78, 5) is 25.3. The highest BCUT2D eigenvalue weighted by molar-refractivity contribution is 5.99. The smallest absolute Gasteiger partial charge is 0.333 e. The molecule has 1 aromatic rings. The van der Waals surface area contributed by atoms with Gasteiger partial charge in [-0.15, -0.1) is 0 Å². The summed E-state index contributed by atoms with van der Waals surface area (Å²) < 4.78 is 4.84. The lowest BCUT2D eigenvalue weighted by Crippen LogP contribution is -2.21. The summed E-state index contributed by atoms with van der Waals surface area (Å²) in [5.74, 6) is -0.760. The second-order valence-electron chi connectivity index (χ2n) is 4.50. The molecule has 0 atom stereocenters. The fourth-order valence-electron chi connectivity index (χ4n) is 1.78. The van der Waals surface area contributed by atoms with Crippen LogP contribution >= 0.6 is 0 Å². The molecule has 0 unspecified atom stereocenters. The van der Waals surface area contributed by atoms with Gasteiger partial charge in [-0.2, -0.15) is 0 Å². The molecule has 0 heterocycles. The average molecular weight is 275 g/mol. The molecule has 0 bridgehead atoms. The predicted molar refractivity (Wildman–Crippen MR) is 80.1 cm³/mol. The first-order chi connectivity index (χ1) is 9.49. The highest BCUT2D eigenvalue weighted by Crippen LogP contribution is 2.15. The first-order valence-corrected chi connectivity index (χ1v) is 6.70. The van der Waals surface area contributed by atoms with Crippen LogP contribution in [0.3, 0.4) is 0 Å². The molecule has 0 aromatic heterocycles. The van der Waals surface area contributed by atoms with Crippen LogP contribution in [-0.4, -0.2) is 31.4 Å². The molecule has 108 valence electrons. The topological polar surface area (TPSA) is 46.6 Å². The Kier molecular flexibility index (Phi) is 5.97. The lowest BCUT2D eigenvalue weighted by molar-refractivity contribution is -0.137. The van der Waals surface area contributed by atoms with Crippen molar-refractivity contribution in [3.63, 3.8) is 0 Å². The van der Waals surface area contributed by atoms with E-state index in [1.165, 1.54) is 0 Å². The Hall–Kier alpha value is -2.10. The van der Waals surface area contributed by atoms with Crippen molar-refractivity contribution in [2.45, 2.75) is 20.8 Å². The molecule has 20 heavy (non-hydrogen) atoms. The number of benzene rings is 1. The van der Waals surface area contributed by atoms with Crippen molar-refractivity contribution in [1.82, 2.24) is 0 Å². The molecule has 0 amide bonds. The minimum absolute atomic E-state index is 0.217. The number of Topliss-reactive ketones (excluding diaryl/α,β-unsaturated/α-hetero) is 1. The molecule has 0 saturated heterocycles. The van der Waals surface area contributed by atoms with Crippen LogP contribution in [-0.2, 0) is 9.53 Å². The molecule has 1 rings (SSSR count). The molecule has 0 spiro atoms. The Balaban J connectivity index is 2.66. The van der Waals surface area contributed by atoms with E-state index >= 15 is 0 Å². The second-order valence-corrected chi connectivity index (χ2v) is 4.50. The largest absolute Gasteiger partial charge is 0.454 e. The quantitative estimate of drug-likeness (QED) is 0.436. The van der Waals surface area contributed by atoms with Gasteiger partial charge in [-0.25, -0.2) is 4.79 Å². The number of anilines is 1. The van der Waals surface area contributed by atoms with Gasteiger partial charge in [0.25, 0.3) is 0 Å². The maximum atomic E-state index is 11.9. The van der Waals surface area contributed by atoms with Gasteiger partial charge in [0.2, 0.25) is 0 Å². The molecule has 0 aliphatic carbocycles. The third kappa shape index (κ3) is 4.23. The van der Waals surface area contributed by atoms with Crippen LogP contribution in [0.4, 0.5) is 5.69 Å². The molecular formula is C16H21NO3. The van der Waals surface area contributed by atoms with Crippen LogP contribution in [0, 0.1) is 0 Å². The van der Waals surface area contributed by atoms with E-state index in [1.807, 2.05) is 12.1 Å². The summed E-state index contributed by atoms with van der Waals surface area (Å²) in [6, 6.07) is 7.32. The fourth-order valence-corrected chi connectivity index (χ4v) is 1.78. The van der Waals surface area contributed by atoms with Gasteiger partial charge in [-0.05, 0) is 45.0 Å². The summed E-state index contributed by atoms with van der Waals surface area (Å²) in [7, 11) is 0. The maximum Gasteiger partial charge on any atom is 0.333 e. The van der Waals surface area contributed by atoms with Crippen LogP contribution in [0.15, 0.2) is 36.4 Å². The Morgan fingerprint density at radius 3 is 2.15 bits per heavy atom. The second kappa shape index (κ2) is 7.48. The number of esters is 1. The van der Waals surface area contributed by atoms with E-state index in [9.17, 15) is 9.59 Å². The van der Waals surface area contributed by atoms with Crippen LogP contribution in [0.5, 0.6) is 0 Å². The van der Waals surface area contributed by atoms with E-state index in [1.54, 1.807) is 19.1 Å². The molecular weight excluding hydrogens is 254 g/mol. The van der Waals surface area contributed by atoms with Gasteiger partial charge in [0.15, 0.2) is 12.4 Å². The van der Waals surface area contributed by atoms with Crippen molar-refractivity contribution in [2.75, 3.05) is 24.6 Å². The molecule has 0 aliphatic rings. The Morgan fingerprint density at radius 2 is 1.70 bits per heavy atom. The van der Waals surface area contributed by atoms with Crippen molar-refractivity contribution >= 4 is 17.4 Å². The fraction of sp³-hybridized carbons (Fsp3) is 0.375. The van der Waals surface area contributed by atoms with Gasteiger partial charge in [0.05, 0.1) is 0 Å². The lowest BCUT2D eigenvalue weighted by Gasteiger charge is -2.20. The molecule has 0 radical (unpaired) electrons. The van der Waals surface area contributed by atoms with Gasteiger partial charge in [-0.1, -0.05) is 6.58 Å².